The molecule has 0 radical (unpaired) electrons. The number of hydrogen-bond acceptors (Lipinski definition) is 4. The van der Waals surface area contributed by atoms with Gasteiger partial charge < -0.3 is 21.8 Å². The molecule has 1 amide bonds. The van der Waals surface area contributed by atoms with Gasteiger partial charge in [0.15, 0.2) is 5.82 Å². The minimum absolute atomic E-state index is 0. The summed E-state index contributed by atoms with van der Waals surface area (Å²) < 4.78 is 13.1. The Balaban J connectivity index is 0.00000196. The molecule has 0 bridgehead atoms. The first-order valence-corrected chi connectivity index (χ1v) is 8.56. The van der Waals surface area contributed by atoms with Crippen molar-refractivity contribution in [3.05, 3.63) is 54.1 Å². The van der Waals surface area contributed by atoms with Gasteiger partial charge in [-0.05, 0) is 54.8 Å². The molecule has 1 aromatic heterocycles. The molecule has 0 spiro atoms. The maximum atomic E-state index is 13.1. The summed E-state index contributed by atoms with van der Waals surface area (Å²) in [5, 5.41) is 2.78. The van der Waals surface area contributed by atoms with Crippen LogP contribution in [-0.2, 0) is 0 Å². The Bertz CT molecular complexity index is 901. The van der Waals surface area contributed by atoms with Crippen LogP contribution in [0.3, 0.4) is 0 Å². The van der Waals surface area contributed by atoms with Crippen molar-refractivity contribution in [2.45, 2.75) is 18.9 Å². The molecule has 3 aromatic rings. The second-order valence-electron chi connectivity index (χ2n) is 6.23. The molecule has 0 saturated carbocycles. The van der Waals surface area contributed by atoms with E-state index in [1.54, 1.807) is 12.1 Å². The smallest absolute Gasteiger partial charge is 0.287 e. The van der Waals surface area contributed by atoms with E-state index in [1.165, 1.54) is 12.1 Å². The van der Waals surface area contributed by atoms with Crippen molar-refractivity contribution in [3.63, 3.8) is 0 Å². The van der Waals surface area contributed by atoms with Crippen molar-refractivity contribution in [2.24, 2.45) is 11.5 Å². The third-order valence-corrected chi connectivity index (χ3v) is 4.18. The second-order valence-corrected chi connectivity index (χ2v) is 6.23. The molecule has 0 aliphatic carbocycles. The number of carbonyl (C=O) groups excluding carboxylic acids is 1. The highest BCUT2D eigenvalue weighted by Gasteiger charge is 2.13. The first kappa shape index (κ1) is 23.8. The third kappa shape index (κ3) is 5.90. The number of aromatic nitrogens is 2. The van der Waals surface area contributed by atoms with Crippen LogP contribution in [0.5, 0.6) is 0 Å². The standard InChI is InChI=1S/C19H22FN5O.2ClH/c20-14-6-3-12(4-7-14)13-5-8-16-17(10-13)25-18(24-16)19(26)23-11-15(22)2-1-9-21;;/h3-8,10,15H,1-2,9,11,21-22H2,(H,23,26)(H,24,25);2*1H/t15-;;/m0../s1. The number of aromatic amines is 1. The van der Waals surface area contributed by atoms with Gasteiger partial charge in [0, 0.05) is 12.6 Å². The second kappa shape index (κ2) is 11.0. The third-order valence-electron chi connectivity index (χ3n) is 4.18. The van der Waals surface area contributed by atoms with Gasteiger partial charge in [-0.15, -0.1) is 24.8 Å². The van der Waals surface area contributed by atoms with Crippen LogP contribution in [0.1, 0.15) is 23.5 Å². The molecule has 152 valence electrons. The summed E-state index contributed by atoms with van der Waals surface area (Å²) in [6.45, 7) is 0.957. The molecule has 3 rings (SSSR count). The normalized spacial score (nSPS) is 11.4. The van der Waals surface area contributed by atoms with Crippen molar-refractivity contribution in [1.82, 2.24) is 15.3 Å². The summed E-state index contributed by atoms with van der Waals surface area (Å²) >= 11 is 0. The summed E-state index contributed by atoms with van der Waals surface area (Å²) in [6, 6.07) is 11.7. The average Bonchev–Trinajstić information content (AvgIpc) is 3.08. The fraction of sp³-hybridized carbons (Fsp3) is 0.263. The van der Waals surface area contributed by atoms with Gasteiger partial charge in [0.05, 0.1) is 11.0 Å². The minimum Gasteiger partial charge on any atom is -0.348 e. The summed E-state index contributed by atoms with van der Waals surface area (Å²) in [4.78, 5) is 19.6. The Morgan fingerprint density at radius 3 is 2.50 bits per heavy atom. The summed E-state index contributed by atoms with van der Waals surface area (Å²) in [6.07, 6.45) is 1.59. The van der Waals surface area contributed by atoms with E-state index in [1.807, 2.05) is 18.2 Å². The first-order chi connectivity index (χ1) is 12.6. The van der Waals surface area contributed by atoms with E-state index in [2.05, 4.69) is 15.3 Å². The number of imidazole rings is 1. The summed E-state index contributed by atoms with van der Waals surface area (Å²) in [5.41, 5.74) is 14.6. The van der Waals surface area contributed by atoms with Gasteiger partial charge in [-0.1, -0.05) is 18.2 Å². The van der Waals surface area contributed by atoms with Gasteiger partial charge in [-0.3, -0.25) is 4.79 Å². The number of amides is 1. The topological polar surface area (TPSA) is 110 Å². The predicted molar refractivity (Wildman–Crippen MR) is 115 cm³/mol. The first-order valence-electron chi connectivity index (χ1n) is 8.56. The van der Waals surface area contributed by atoms with Crippen LogP contribution in [0.15, 0.2) is 42.5 Å². The van der Waals surface area contributed by atoms with Crippen LogP contribution in [0, 0.1) is 5.82 Å². The van der Waals surface area contributed by atoms with E-state index in [0.717, 1.165) is 29.5 Å². The largest absolute Gasteiger partial charge is 0.348 e. The van der Waals surface area contributed by atoms with E-state index >= 15 is 0 Å². The van der Waals surface area contributed by atoms with Crippen LogP contribution in [0.4, 0.5) is 4.39 Å². The molecule has 6 N–H and O–H groups in total. The monoisotopic (exact) mass is 427 g/mol. The zero-order valence-corrected chi connectivity index (χ0v) is 16.8. The van der Waals surface area contributed by atoms with Gasteiger partial charge in [0.2, 0.25) is 0 Å². The molecular weight excluding hydrogens is 404 g/mol. The van der Waals surface area contributed by atoms with E-state index in [-0.39, 0.29) is 48.4 Å². The van der Waals surface area contributed by atoms with Crippen LogP contribution in [0.2, 0.25) is 0 Å². The number of benzene rings is 2. The van der Waals surface area contributed by atoms with Crippen LogP contribution in [-0.4, -0.2) is 35.0 Å². The highest BCUT2D eigenvalue weighted by Crippen LogP contribution is 2.23. The van der Waals surface area contributed by atoms with E-state index in [9.17, 15) is 9.18 Å². The van der Waals surface area contributed by atoms with Crippen molar-refractivity contribution in [3.8, 4) is 11.1 Å². The van der Waals surface area contributed by atoms with E-state index in [0.29, 0.717) is 18.6 Å². The number of hydrogen-bond donors (Lipinski definition) is 4. The van der Waals surface area contributed by atoms with E-state index < -0.39 is 0 Å². The van der Waals surface area contributed by atoms with Crippen LogP contribution < -0.4 is 16.8 Å². The molecule has 1 atom stereocenters. The maximum Gasteiger partial charge on any atom is 0.287 e. The number of rotatable bonds is 7. The Morgan fingerprint density at radius 1 is 1.14 bits per heavy atom. The Labute approximate surface area is 175 Å². The van der Waals surface area contributed by atoms with Crippen molar-refractivity contribution in [1.29, 1.82) is 0 Å². The molecule has 0 unspecified atom stereocenters. The summed E-state index contributed by atoms with van der Waals surface area (Å²) in [5.74, 6) is -0.338. The molecule has 9 heteroatoms. The molecule has 0 saturated heterocycles. The van der Waals surface area contributed by atoms with Gasteiger partial charge in [0.25, 0.3) is 5.91 Å². The van der Waals surface area contributed by atoms with Gasteiger partial charge in [-0.2, -0.15) is 0 Å². The summed E-state index contributed by atoms with van der Waals surface area (Å²) in [7, 11) is 0. The van der Waals surface area contributed by atoms with Crippen LogP contribution >= 0.6 is 24.8 Å². The zero-order valence-electron chi connectivity index (χ0n) is 15.2. The van der Waals surface area contributed by atoms with Gasteiger partial charge >= 0.3 is 0 Å². The van der Waals surface area contributed by atoms with Crippen LogP contribution in [0.25, 0.3) is 22.2 Å². The lowest BCUT2D eigenvalue weighted by molar-refractivity contribution is 0.0941. The molecule has 6 nitrogen and oxygen atoms in total. The van der Waals surface area contributed by atoms with Crippen molar-refractivity contribution < 1.29 is 9.18 Å². The fourth-order valence-electron chi connectivity index (χ4n) is 2.73. The minimum atomic E-state index is -0.298. The zero-order chi connectivity index (χ0) is 18.5. The quantitative estimate of drug-likeness (QED) is 0.464. The predicted octanol–water partition coefficient (Wildman–Crippen LogP) is 3.01. The highest BCUT2D eigenvalue weighted by molar-refractivity contribution is 5.94. The number of carbonyl (C=O) groups is 1. The molecule has 1 heterocycles. The number of nitrogens with two attached hydrogens (primary N) is 2. The van der Waals surface area contributed by atoms with Gasteiger partial charge in [-0.25, -0.2) is 9.37 Å². The Kier molecular flexibility index (Phi) is 9.34. The molecule has 0 aliphatic rings. The number of nitrogens with one attached hydrogen (secondary N) is 2. The molecule has 2 aromatic carbocycles. The molecular formula is C19H24Cl2FN5O. The Hall–Kier alpha value is -2.19. The van der Waals surface area contributed by atoms with Crippen molar-refractivity contribution >= 4 is 41.8 Å². The number of halogens is 3. The Morgan fingerprint density at radius 2 is 1.82 bits per heavy atom. The van der Waals surface area contributed by atoms with Crippen molar-refractivity contribution in [2.75, 3.05) is 13.1 Å². The van der Waals surface area contributed by atoms with E-state index in [4.69, 9.17) is 11.5 Å². The number of nitrogens with zero attached hydrogens (tertiary/aromatic N) is 1. The molecule has 0 fully saturated rings. The molecule has 28 heavy (non-hydrogen) atoms. The lowest BCUT2D eigenvalue weighted by atomic mass is 10.1. The number of H-pyrrole nitrogens is 1. The fourth-order valence-corrected chi connectivity index (χ4v) is 2.73. The SMILES string of the molecule is Cl.Cl.NCCC[C@H](N)CNC(=O)c1nc2ccc(-c3ccc(F)cc3)cc2[nH]1. The number of fused-ring (bicyclic) bond motifs is 1. The maximum absolute atomic E-state index is 13.1. The average molecular weight is 428 g/mol. The lowest BCUT2D eigenvalue weighted by Gasteiger charge is -2.11. The molecule has 0 aliphatic heterocycles. The van der Waals surface area contributed by atoms with Gasteiger partial charge in [0.1, 0.15) is 5.82 Å². The lowest BCUT2D eigenvalue weighted by Crippen LogP contribution is -2.37. The highest BCUT2D eigenvalue weighted by atomic mass is 35.5.